The van der Waals surface area contributed by atoms with Gasteiger partial charge in [-0.15, -0.1) is 11.3 Å². The summed E-state index contributed by atoms with van der Waals surface area (Å²) < 4.78 is 19.3. The predicted octanol–water partition coefficient (Wildman–Crippen LogP) is 4.60. The monoisotopic (exact) mass is 526 g/mol. The first-order valence-electron chi connectivity index (χ1n) is 12.1. The second-order valence-electron chi connectivity index (χ2n) is 11.1. The van der Waals surface area contributed by atoms with E-state index in [2.05, 4.69) is 30.9 Å². The van der Waals surface area contributed by atoms with Gasteiger partial charge in [0.05, 0.1) is 20.3 Å². The average molecular weight is 527 g/mol. The van der Waals surface area contributed by atoms with Crippen molar-refractivity contribution in [3.8, 4) is 5.75 Å². The third-order valence-electron chi connectivity index (χ3n) is 6.08. The van der Waals surface area contributed by atoms with E-state index in [0.717, 1.165) is 5.56 Å². The normalized spacial score (nSPS) is 20.2. The van der Waals surface area contributed by atoms with E-state index in [-0.39, 0.29) is 18.6 Å². The second kappa shape index (κ2) is 9.90. The summed E-state index contributed by atoms with van der Waals surface area (Å²) in [5.74, 6) is -0.366. The van der Waals surface area contributed by atoms with E-state index in [4.69, 9.17) is 14.2 Å². The van der Waals surface area contributed by atoms with Crippen LogP contribution in [0.1, 0.15) is 68.7 Å². The molecule has 1 fully saturated rings. The Morgan fingerprint density at radius 1 is 1.19 bits per heavy atom. The molecule has 37 heavy (non-hydrogen) atoms. The van der Waals surface area contributed by atoms with Crippen LogP contribution in [0.5, 0.6) is 5.75 Å². The summed E-state index contributed by atoms with van der Waals surface area (Å²) in [4.78, 5) is 34.1. The Bertz CT molecular complexity index is 1240. The highest BCUT2D eigenvalue weighted by Crippen LogP contribution is 2.42. The van der Waals surface area contributed by atoms with Gasteiger partial charge in [0.1, 0.15) is 16.4 Å². The number of ether oxygens (including phenoxy) is 3. The molecule has 3 heterocycles. The molecule has 2 aromatic heterocycles. The first kappa shape index (κ1) is 26.8. The van der Waals surface area contributed by atoms with E-state index < -0.39 is 29.2 Å². The minimum absolute atomic E-state index is 0.0553. The Morgan fingerprint density at radius 2 is 1.95 bits per heavy atom. The number of esters is 1. The molecule has 0 aliphatic carbocycles. The summed E-state index contributed by atoms with van der Waals surface area (Å²) in [6.07, 6.45) is 4.14. The molecule has 4 rings (SSSR count). The SMILES string of the molecule is COc1cc(C(=O)N2C(c3nccs3)OCC2(Cn2cccn2)C(=O)OC(C)(C)C)ccc1C(C)(C)C. The lowest BCUT2D eigenvalue weighted by Crippen LogP contribution is -2.59. The van der Waals surface area contributed by atoms with E-state index in [1.165, 1.54) is 16.2 Å². The van der Waals surface area contributed by atoms with Crippen LogP contribution in [0.3, 0.4) is 0 Å². The van der Waals surface area contributed by atoms with Crippen molar-refractivity contribution >= 4 is 23.2 Å². The average Bonchev–Trinajstić information content (AvgIpc) is 3.58. The molecule has 1 aliphatic rings. The highest BCUT2D eigenvalue weighted by molar-refractivity contribution is 7.09. The highest BCUT2D eigenvalue weighted by atomic mass is 32.1. The molecular weight excluding hydrogens is 492 g/mol. The molecule has 1 aliphatic heterocycles. The quantitative estimate of drug-likeness (QED) is 0.433. The van der Waals surface area contributed by atoms with Gasteiger partial charge in [-0.05, 0) is 49.9 Å². The zero-order valence-corrected chi connectivity index (χ0v) is 23.2. The van der Waals surface area contributed by atoms with E-state index in [1.54, 1.807) is 69.4 Å². The fourth-order valence-corrected chi connectivity index (χ4v) is 5.06. The molecule has 0 saturated carbocycles. The van der Waals surface area contributed by atoms with Crippen LogP contribution in [0.2, 0.25) is 0 Å². The Labute approximate surface area is 221 Å². The van der Waals surface area contributed by atoms with Gasteiger partial charge in [0.2, 0.25) is 0 Å². The first-order valence-corrected chi connectivity index (χ1v) is 13.0. The molecule has 1 amide bonds. The highest BCUT2D eigenvalue weighted by Gasteiger charge is 2.58. The third kappa shape index (κ3) is 5.40. The van der Waals surface area contributed by atoms with Crippen molar-refractivity contribution in [2.24, 2.45) is 0 Å². The van der Waals surface area contributed by atoms with Gasteiger partial charge in [0.25, 0.3) is 5.91 Å². The van der Waals surface area contributed by atoms with Crippen LogP contribution in [0.15, 0.2) is 48.2 Å². The second-order valence-corrected chi connectivity index (χ2v) is 12.0. The summed E-state index contributed by atoms with van der Waals surface area (Å²) in [5, 5.41) is 6.68. The van der Waals surface area contributed by atoms with Crippen molar-refractivity contribution in [2.75, 3.05) is 13.7 Å². The van der Waals surface area contributed by atoms with Crippen LogP contribution < -0.4 is 4.74 Å². The maximum atomic E-state index is 14.3. The summed E-state index contributed by atoms with van der Waals surface area (Å²) in [6.45, 7) is 11.6. The molecule has 10 heteroatoms. The predicted molar refractivity (Wildman–Crippen MR) is 139 cm³/mol. The van der Waals surface area contributed by atoms with Gasteiger partial charge < -0.3 is 14.2 Å². The van der Waals surface area contributed by atoms with Crippen molar-refractivity contribution in [2.45, 2.75) is 70.9 Å². The van der Waals surface area contributed by atoms with Crippen molar-refractivity contribution in [1.29, 1.82) is 0 Å². The molecule has 0 spiro atoms. The molecule has 1 saturated heterocycles. The minimum Gasteiger partial charge on any atom is -0.496 e. The van der Waals surface area contributed by atoms with Gasteiger partial charge in [0, 0.05) is 29.5 Å². The molecule has 2 atom stereocenters. The van der Waals surface area contributed by atoms with E-state index in [0.29, 0.717) is 16.3 Å². The molecule has 0 bridgehead atoms. The Kier molecular flexibility index (Phi) is 7.18. The van der Waals surface area contributed by atoms with Gasteiger partial charge in [-0.2, -0.15) is 5.10 Å². The fraction of sp³-hybridized carbons (Fsp3) is 0.481. The van der Waals surface area contributed by atoms with Crippen molar-refractivity contribution in [3.63, 3.8) is 0 Å². The number of rotatable bonds is 6. The van der Waals surface area contributed by atoms with Crippen LogP contribution in [0.25, 0.3) is 0 Å². The van der Waals surface area contributed by atoms with Gasteiger partial charge in [-0.3, -0.25) is 14.4 Å². The third-order valence-corrected chi connectivity index (χ3v) is 6.88. The lowest BCUT2D eigenvalue weighted by molar-refractivity contribution is -0.168. The van der Waals surface area contributed by atoms with Crippen LogP contribution >= 0.6 is 11.3 Å². The van der Waals surface area contributed by atoms with E-state index >= 15 is 0 Å². The lowest BCUT2D eigenvalue weighted by Gasteiger charge is -2.38. The van der Waals surface area contributed by atoms with Crippen molar-refractivity contribution < 1.29 is 23.8 Å². The summed E-state index contributed by atoms with van der Waals surface area (Å²) >= 11 is 1.35. The van der Waals surface area contributed by atoms with Gasteiger partial charge >= 0.3 is 5.97 Å². The molecule has 0 radical (unpaired) electrons. The van der Waals surface area contributed by atoms with E-state index in [9.17, 15) is 9.59 Å². The Hall–Kier alpha value is -3.24. The van der Waals surface area contributed by atoms with Crippen LogP contribution in [-0.4, -0.2) is 56.4 Å². The van der Waals surface area contributed by atoms with Crippen LogP contribution in [0.4, 0.5) is 0 Å². The van der Waals surface area contributed by atoms with Gasteiger partial charge in [0.15, 0.2) is 11.8 Å². The molecule has 3 aromatic rings. The molecule has 9 nitrogen and oxygen atoms in total. The van der Waals surface area contributed by atoms with Gasteiger partial charge in [-0.25, -0.2) is 9.78 Å². The van der Waals surface area contributed by atoms with Crippen molar-refractivity contribution in [3.05, 3.63) is 64.4 Å². The molecule has 0 N–H and O–H groups in total. The largest absolute Gasteiger partial charge is 0.496 e. The number of methoxy groups -OCH3 is 1. The maximum Gasteiger partial charge on any atom is 0.337 e. The number of thiazole rings is 1. The number of carbonyl (C=O) groups excluding carboxylic acids is 2. The Morgan fingerprint density at radius 3 is 2.51 bits per heavy atom. The smallest absolute Gasteiger partial charge is 0.337 e. The summed E-state index contributed by atoms with van der Waals surface area (Å²) in [5.41, 5.74) is -1.11. The lowest BCUT2D eigenvalue weighted by atomic mass is 9.85. The fourth-order valence-electron chi connectivity index (χ4n) is 4.39. The molecule has 1 aromatic carbocycles. The number of hydrogen-bond donors (Lipinski definition) is 0. The van der Waals surface area contributed by atoms with Crippen LogP contribution in [-0.2, 0) is 26.2 Å². The zero-order chi connectivity index (χ0) is 27.0. The molecular formula is C27H34N4O5S. The van der Waals surface area contributed by atoms with E-state index in [1.807, 2.05) is 11.4 Å². The standard InChI is InChI=1S/C27H34N4O5S/c1-25(2,3)19-10-9-18(15-20(19)34-7)22(32)31-23(21-28-12-14-37-21)35-17-27(31,16-30-13-8-11-29-30)24(33)36-26(4,5)6/h8-15,23H,16-17H2,1-7H3. The Balaban J connectivity index is 1.86. The number of benzene rings is 1. The summed E-state index contributed by atoms with van der Waals surface area (Å²) in [7, 11) is 1.58. The molecule has 198 valence electrons. The number of aromatic nitrogens is 3. The minimum atomic E-state index is -1.48. The number of nitrogens with zero attached hydrogens (tertiary/aromatic N) is 4. The number of amides is 1. The maximum absolute atomic E-state index is 14.3. The van der Waals surface area contributed by atoms with Crippen molar-refractivity contribution in [1.82, 2.24) is 19.7 Å². The zero-order valence-electron chi connectivity index (χ0n) is 22.3. The van der Waals surface area contributed by atoms with Crippen LogP contribution in [0, 0.1) is 0 Å². The molecule has 2 unspecified atom stereocenters. The topological polar surface area (TPSA) is 95.8 Å². The number of hydrogen-bond acceptors (Lipinski definition) is 8. The summed E-state index contributed by atoms with van der Waals surface area (Å²) in [6, 6.07) is 7.13. The first-order chi connectivity index (χ1) is 17.4. The number of carbonyl (C=O) groups is 2. The van der Waals surface area contributed by atoms with Gasteiger partial charge in [-0.1, -0.05) is 26.8 Å².